The summed E-state index contributed by atoms with van der Waals surface area (Å²) < 4.78 is 1.77. The number of guanidine groups is 1. The number of likely N-dealkylation sites (N-methyl/N-ethyl adjacent to an activating group) is 2. The number of nitrogens with zero attached hydrogens (tertiary/aromatic N) is 6. The fraction of sp³-hybridized carbons (Fsp3) is 0.600. The van der Waals surface area contributed by atoms with Crippen LogP contribution in [0.15, 0.2) is 10.1 Å². The second-order valence-corrected chi connectivity index (χ2v) is 7.36. The van der Waals surface area contributed by atoms with E-state index < -0.39 is 18.0 Å². The summed E-state index contributed by atoms with van der Waals surface area (Å²) >= 11 is 0. The Bertz CT molecular complexity index is 774. The molecule has 4 amide bonds. The normalized spacial score (nSPS) is 23.6. The Morgan fingerprint density at radius 2 is 1.92 bits per heavy atom. The van der Waals surface area contributed by atoms with Crippen molar-refractivity contribution in [1.29, 1.82) is 0 Å². The van der Waals surface area contributed by atoms with Gasteiger partial charge in [-0.15, -0.1) is 10.1 Å². The van der Waals surface area contributed by atoms with E-state index in [1.807, 2.05) is 20.8 Å². The molecule has 0 bridgehead atoms. The first-order valence-corrected chi connectivity index (χ1v) is 7.93. The molecule has 134 valence electrons. The zero-order valence-corrected chi connectivity index (χ0v) is 15.0. The number of amides is 4. The topological polar surface area (TPSA) is 115 Å². The van der Waals surface area contributed by atoms with Gasteiger partial charge in [0.05, 0.1) is 5.71 Å². The average Bonchev–Trinajstić information content (AvgIpc) is 2.89. The molecule has 3 aliphatic rings. The van der Waals surface area contributed by atoms with E-state index in [0.29, 0.717) is 18.3 Å². The summed E-state index contributed by atoms with van der Waals surface area (Å²) in [6.45, 7) is 6.23. The number of primary amides is 1. The summed E-state index contributed by atoms with van der Waals surface area (Å²) in [6, 6.07) is -1.16. The van der Waals surface area contributed by atoms with Crippen LogP contribution in [0, 0.1) is 5.41 Å². The molecule has 0 aromatic rings. The van der Waals surface area contributed by atoms with E-state index in [-0.39, 0.29) is 17.9 Å². The van der Waals surface area contributed by atoms with Crippen molar-refractivity contribution in [1.82, 2.24) is 14.8 Å². The van der Waals surface area contributed by atoms with Gasteiger partial charge in [0.15, 0.2) is 6.54 Å². The smallest absolute Gasteiger partial charge is 0.367 e. The van der Waals surface area contributed by atoms with Crippen LogP contribution in [0.2, 0.25) is 0 Å². The van der Waals surface area contributed by atoms with E-state index in [1.54, 1.807) is 11.6 Å². The maximum atomic E-state index is 12.7. The monoisotopic (exact) mass is 348 g/mol. The molecule has 1 fully saturated rings. The number of rotatable bonds is 2. The van der Waals surface area contributed by atoms with Crippen molar-refractivity contribution in [3.63, 3.8) is 0 Å². The second kappa shape index (κ2) is 5.36. The van der Waals surface area contributed by atoms with Crippen molar-refractivity contribution in [2.24, 2.45) is 21.2 Å². The molecule has 1 atom stereocenters. The summed E-state index contributed by atoms with van der Waals surface area (Å²) in [5.41, 5.74) is 5.86. The Balaban J connectivity index is 2.08. The zero-order valence-electron chi connectivity index (χ0n) is 15.0. The lowest BCUT2D eigenvalue weighted by Crippen LogP contribution is -2.62. The highest BCUT2D eigenvalue weighted by Crippen LogP contribution is 2.26. The molecule has 25 heavy (non-hydrogen) atoms. The predicted molar refractivity (Wildman–Crippen MR) is 90.1 cm³/mol. The largest absolute Gasteiger partial charge is 0.417 e. The Morgan fingerprint density at radius 1 is 1.28 bits per heavy atom. The Morgan fingerprint density at radius 3 is 2.48 bits per heavy atom. The van der Waals surface area contributed by atoms with E-state index in [0.717, 1.165) is 10.6 Å². The number of amidine groups is 1. The van der Waals surface area contributed by atoms with Crippen molar-refractivity contribution in [2.45, 2.75) is 26.8 Å². The number of fused-ring (bicyclic) bond motifs is 2. The minimum absolute atomic E-state index is 0.156. The molecule has 3 aliphatic heterocycles. The van der Waals surface area contributed by atoms with Gasteiger partial charge in [0.1, 0.15) is 6.54 Å². The van der Waals surface area contributed by atoms with Crippen LogP contribution in [0.1, 0.15) is 20.8 Å². The highest BCUT2D eigenvalue weighted by Gasteiger charge is 2.54. The quantitative estimate of drug-likeness (QED) is 0.635. The molecule has 0 spiro atoms. The third kappa shape index (κ3) is 2.57. The highest BCUT2D eigenvalue weighted by molar-refractivity contribution is 6.23. The van der Waals surface area contributed by atoms with E-state index in [2.05, 4.69) is 10.1 Å². The van der Waals surface area contributed by atoms with Crippen molar-refractivity contribution in [3.8, 4) is 0 Å². The van der Waals surface area contributed by atoms with Gasteiger partial charge in [-0.05, 0) is 0 Å². The van der Waals surface area contributed by atoms with Crippen LogP contribution in [-0.4, -0.2) is 88.0 Å². The standard InChI is InChI=1S/C15H21N7O3/c1-15(2,3)8-6-21-10-11(19(4)14(25)20(5)12(10)24)17-13(21)22(18-8)7-9(16)23/h10H,6-7H2,1-5H3,(H-,16,23)/p+1. The van der Waals surface area contributed by atoms with E-state index in [9.17, 15) is 14.4 Å². The first kappa shape index (κ1) is 17.1. The van der Waals surface area contributed by atoms with Crippen molar-refractivity contribution in [2.75, 3.05) is 27.2 Å². The van der Waals surface area contributed by atoms with Crippen LogP contribution >= 0.6 is 0 Å². The fourth-order valence-corrected chi connectivity index (χ4v) is 2.98. The molecule has 0 aliphatic carbocycles. The summed E-state index contributed by atoms with van der Waals surface area (Å²) in [5.74, 6) is -0.224. The van der Waals surface area contributed by atoms with Gasteiger partial charge in [0, 0.05) is 19.5 Å². The highest BCUT2D eigenvalue weighted by atomic mass is 16.2. The molecule has 0 radical (unpaired) electrons. The maximum Gasteiger partial charge on any atom is 0.417 e. The van der Waals surface area contributed by atoms with Crippen LogP contribution in [0.3, 0.4) is 0 Å². The molecule has 10 heteroatoms. The lowest BCUT2D eigenvalue weighted by molar-refractivity contribution is -0.528. The predicted octanol–water partition coefficient (Wildman–Crippen LogP) is -1.14. The van der Waals surface area contributed by atoms with Gasteiger partial charge in [-0.25, -0.2) is 9.37 Å². The zero-order chi connectivity index (χ0) is 18.7. The molecular weight excluding hydrogens is 326 g/mol. The number of aliphatic imine (C=N–C) groups is 1. The van der Waals surface area contributed by atoms with Gasteiger partial charge in [-0.3, -0.25) is 19.4 Å². The summed E-state index contributed by atoms with van der Waals surface area (Å²) in [4.78, 5) is 43.2. The molecule has 3 heterocycles. The Labute approximate surface area is 145 Å². The molecule has 2 N–H and O–H groups in total. The van der Waals surface area contributed by atoms with Crippen LogP contribution in [0.25, 0.3) is 0 Å². The van der Waals surface area contributed by atoms with Crippen LogP contribution < -0.4 is 5.73 Å². The van der Waals surface area contributed by atoms with E-state index in [4.69, 9.17) is 5.73 Å². The molecule has 0 saturated carbocycles. The van der Waals surface area contributed by atoms with Gasteiger partial charge in [-0.1, -0.05) is 25.8 Å². The molecule has 3 rings (SSSR count). The van der Waals surface area contributed by atoms with Crippen LogP contribution in [0.4, 0.5) is 4.79 Å². The van der Waals surface area contributed by atoms with Gasteiger partial charge in [-0.2, -0.15) is 0 Å². The van der Waals surface area contributed by atoms with Crippen LogP contribution in [0.5, 0.6) is 0 Å². The number of urea groups is 1. The van der Waals surface area contributed by atoms with Gasteiger partial charge in [0.25, 0.3) is 11.8 Å². The van der Waals surface area contributed by atoms with Gasteiger partial charge >= 0.3 is 12.0 Å². The van der Waals surface area contributed by atoms with Crippen molar-refractivity contribution in [3.05, 3.63) is 0 Å². The van der Waals surface area contributed by atoms with Crippen molar-refractivity contribution < 1.29 is 19.0 Å². The van der Waals surface area contributed by atoms with Crippen LogP contribution in [-0.2, 0) is 9.59 Å². The van der Waals surface area contributed by atoms with Crippen molar-refractivity contribution >= 4 is 35.4 Å². The number of carbonyl (C=O) groups excluding carboxylic acids is 3. The third-order valence-corrected chi connectivity index (χ3v) is 4.47. The summed E-state index contributed by atoms with van der Waals surface area (Å²) in [6.07, 6.45) is 0. The maximum absolute atomic E-state index is 12.7. The molecule has 1 saturated heterocycles. The number of carbonyl (C=O) groups is 3. The number of hydrazone groups is 1. The molecule has 10 nitrogen and oxygen atoms in total. The van der Waals surface area contributed by atoms with E-state index >= 15 is 0 Å². The van der Waals surface area contributed by atoms with E-state index in [1.165, 1.54) is 17.0 Å². The molecular formula is C15H22N7O3+. The molecule has 0 aromatic heterocycles. The Hall–Kier alpha value is -2.78. The first-order valence-electron chi connectivity index (χ1n) is 7.93. The van der Waals surface area contributed by atoms with Gasteiger partial charge < -0.3 is 5.73 Å². The molecule has 1 unspecified atom stereocenters. The minimum atomic E-state index is -0.717. The minimum Gasteiger partial charge on any atom is -0.367 e. The lowest BCUT2D eigenvalue weighted by atomic mass is 9.89. The first-order chi connectivity index (χ1) is 11.5. The third-order valence-electron chi connectivity index (χ3n) is 4.47. The second-order valence-electron chi connectivity index (χ2n) is 7.36. The lowest BCUT2D eigenvalue weighted by Gasteiger charge is -2.33. The van der Waals surface area contributed by atoms with Gasteiger partial charge in [0.2, 0.25) is 11.9 Å². The fourth-order valence-electron chi connectivity index (χ4n) is 2.98. The number of hydrogen-bond donors (Lipinski definition) is 1. The Kier molecular flexibility index (Phi) is 3.66. The summed E-state index contributed by atoms with van der Waals surface area (Å²) in [7, 11) is 3.01. The SMILES string of the molecule is CN1C(=O)C2C(=NC3=[N+]2CC(C(C)(C)C)=NN3CC(N)=O)N(C)C1=O. The number of hydrogen-bond acceptors (Lipinski definition) is 6. The number of imide groups is 1. The average molecular weight is 348 g/mol. The number of nitrogens with two attached hydrogens (primary N) is 1. The molecule has 0 aromatic carbocycles. The summed E-state index contributed by atoms with van der Waals surface area (Å²) in [5, 5.41) is 5.92.